The van der Waals surface area contributed by atoms with E-state index in [-0.39, 0.29) is 35.4 Å². The molecule has 0 saturated carbocycles. The lowest BCUT2D eigenvalue weighted by molar-refractivity contribution is 0.360. The summed E-state index contributed by atoms with van der Waals surface area (Å²) in [6.45, 7) is 0. The van der Waals surface area contributed by atoms with Crippen molar-refractivity contribution in [2.75, 3.05) is 0 Å². The molecule has 0 saturated heterocycles. The van der Waals surface area contributed by atoms with E-state index in [1.807, 2.05) is 0 Å². The summed E-state index contributed by atoms with van der Waals surface area (Å²) in [5.74, 6) is 0. The van der Waals surface area contributed by atoms with Crippen LogP contribution in [-0.2, 0) is 0 Å². The fourth-order valence-electron chi connectivity index (χ4n) is 1.81. The molecule has 0 heterocycles. The van der Waals surface area contributed by atoms with E-state index in [9.17, 15) is 38.9 Å². The summed E-state index contributed by atoms with van der Waals surface area (Å²) in [4.78, 5) is -4.33. The van der Waals surface area contributed by atoms with Crippen LogP contribution in [0.2, 0.25) is 0 Å². The van der Waals surface area contributed by atoms with Gasteiger partial charge in [-0.05, 0) is 35.4 Å². The highest BCUT2D eigenvalue weighted by Crippen LogP contribution is 3.02. The van der Waals surface area contributed by atoms with Crippen molar-refractivity contribution in [3.8, 4) is 11.1 Å². The molecule has 0 fully saturated rings. The zero-order valence-electron chi connectivity index (χ0n) is 11.2. The third-order valence-corrected chi connectivity index (χ3v) is 5.26. The first kappa shape index (κ1) is 18.8. The lowest BCUT2D eigenvalue weighted by Gasteiger charge is -2.40. The molecule has 12 heteroatoms. The van der Waals surface area contributed by atoms with Gasteiger partial charge in [0.2, 0.25) is 0 Å². The molecule has 2 aromatic rings. The first-order valence-corrected chi connectivity index (χ1v) is 9.75. The number of hydrogen-bond acceptors (Lipinski definition) is 0. The van der Waals surface area contributed by atoms with Gasteiger partial charge in [-0.3, -0.25) is 0 Å². The zero-order chi connectivity index (χ0) is 18.8. The van der Waals surface area contributed by atoms with E-state index in [0.29, 0.717) is 24.3 Å². The zero-order valence-corrected chi connectivity index (χ0v) is 12.8. The maximum absolute atomic E-state index is 12.5. The summed E-state index contributed by atoms with van der Waals surface area (Å²) in [5.41, 5.74) is -0.288. The third kappa shape index (κ3) is 4.29. The maximum Gasteiger partial charge on any atom is 0.310 e. The lowest BCUT2D eigenvalue weighted by atomic mass is 10.1. The molecular weight excluding hydrogens is 398 g/mol. The molecule has 0 radical (unpaired) electrons. The molecule has 2 aromatic carbocycles. The summed E-state index contributed by atoms with van der Waals surface area (Å²) in [6, 6.07) is 2.77. The van der Waals surface area contributed by atoms with E-state index in [1.165, 1.54) is 0 Å². The second kappa shape index (κ2) is 3.82. The van der Waals surface area contributed by atoms with Crippen molar-refractivity contribution < 1.29 is 38.9 Å². The highest BCUT2D eigenvalue weighted by Gasteiger charge is 2.66. The van der Waals surface area contributed by atoms with E-state index in [0.717, 1.165) is 0 Å². The summed E-state index contributed by atoms with van der Waals surface area (Å²) >= 11 is 0. The van der Waals surface area contributed by atoms with Gasteiger partial charge >= 0.3 is 20.4 Å². The predicted octanol–water partition coefficient (Wildman–Crippen LogP) is 8.67. The van der Waals surface area contributed by atoms with Crippen LogP contribution in [0.15, 0.2) is 58.3 Å². The van der Waals surface area contributed by atoms with Crippen molar-refractivity contribution in [2.45, 2.75) is 9.79 Å². The van der Waals surface area contributed by atoms with Gasteiger partial charge < -0.3 is 0 Å². The van der Waals surface area contributed by atoms with Crippen LogP contribution in [0.25, 0.3) is 11.1 Å². The first-order chi connectivity index (χ1) is 10.2. The van der Waals surface area contributed by atoms with Crippen molar-refractivity contribution in [2.24, 2.45) is 0 Å². The van der Waals surface area contributed by atoms with Crippen LogP contribution in [0.3, 0.4) is 0 Å². The van der Waals surface area contributed by atoms with Gasteiger partial charge in [-0.15, -0.1) is 0 Å². The van der Waals surface area contributed by atoms with Gasteiger partial charge in [0, 0.05) is 0 Å². The van der Waals surface area contributed by atoms with Crippen LogP contribution < -0.4 is 0 Å². The smallest absolute Gasteiger partial charge is 0.0936 e. The Balaban J connectivity index is 2.43. The minimum Gasteiger partial charge on any atom is -0.0936 e. The molecule has 138 valence electrons. The predicted molar refractivity (Wildman–Crippen MR) is 74.7 cm³/mol. The molecule has 0 amide bonds. The van der Waals surface area contributed by atoms with Crippen LogP contribution in [0.4, 0.5) is 38.9 Å². The molecule has 0 bridgehead atoms. The Morgan fingerprint density at radius 2 is 0.583 bits per heavy atom. The van der Waals surface area contributed by atoms with Crippen LogP contribution in [-0.4, -0.2) is 0 Å². The Bertz CT molecular complexity index is 713. The normalized spacial score (nSPS) is 18.9. The summed E-state index contributed by atoms with van der Waals surface area (Å²) < 4.78 is 125. The SMILES string of the molecule is FS(F)(F)(F)(F)c1ccc(-c2ccc(S(F)(F)(F)(F)F)cc2)cc1. The molecule has 0 aliphatic carbocycles. The molecule has 24 heavy (non-hydrogen) atoms. The number of rotatable bonds is 3. The Kier molecular flexibility index (Phi) is 2.99. The van der Waals surface area contributed by atoms with Crippen LogP contribution in [0.5, 0.6) is 0 Å². The fourth-order valence-corrected chi connectivity index (χ4v) is 3.11. The van der Waals surface area contributed by atoms with E-state index < -0.39 is 30.2 Å². The fraction of sp³-hybridized carbons (Fsp3) is 0. The first-order valence-electron chi connectivity index (χ1n) is 5.84. The lowest BCUT2D eigenvalue weighted by Crippen LogP contribution is -2.06. The van der Waals surface area contributed by atoms with Crippen molar-refractivity contribution in [1.82, 2.24) is 0 Å². The van der Waals surface area contributed by atoms with Crippen molar-refractivity contribution >= 4 is 20.4 Å². The summed E-state index contributed by atoms with van der Waals surface area (Å²) in [7, 11) is -19.7. The van der Waals surface area contributed by atoms with Gasteiger partial charge in [-0.2, -0.15) is 0 Å². The average Bonchev–Trinajstić information content (AvgIpc) is 2.34. The topological polar surface area (TPSA) is 0 Å². The van der Waals surface area contributed by atoms with Gasteiger partial charge in [0.25, 0.3) is 0 Å². The molecule has 0 aliphatic heterocycles. The van der Waals surface area contributed by atoms with Crippen LogP contribution >= 0.6 is 20.4 Å². The summed E-state index contributed by atoms with van der Waals surface area (Å²) in [6.07, 6.45) is 0. The van der Waals surface area contributed by atoms with Crippen LogP contribution in [0.1, 0.15) is 0 Å². The second-order valence-electron chi connectivity index (χ2n) is 4.99. The van der Waals surface area contributed by atoms with Crippen molar-refractivity contribution in [3.63, 3.8) is 0 Å². The van der Waals surface area contributed by atoms with Crippen molar-refractivity contribution in [1.29, 1.82) is 0 Å². The number of halogens is 10. The van der Waals surface area contributed by atoms with Crippen molar-refractivity contribution in [3.05, 3.63) is 48.5 Å². The van der Waals surface area contributed by atoms with Gasteiger partial charge in [0.05, 0.1) is 0 Å². The highest BCUT2D eigenvalue weighted by molar-refractivity contribution is 8.46. The Labute approximate surface area is 129 Å². The Morgan fingerprint density at radius 1 is 0.375 bits per heavy atom. The molecule has 0 unspecified atom stereocenters. The van der Waals surface area contributed by atoms with E-state index in [4.69, 9.17) is 0 Å². The second-order valence-corrected chi connectivity index (χ2v) is 9.81. The minimum atomic E-state index is -9.86. The number of benzene rings is 2. The molecule has 0 atom stereocenters. The largest absolute Gasteiger partial charge is 0.310 e. The van der Waals surface area contributed by atoms with Gasteiger partial charge in [-0.1, -0.05) is 63.1 Å². The molecule has 0 nitrogen and oxygen atoms in total. The number of hydrogen-bond donors (Lipinski definition) is 0. The minimum absolute atomic E-state index is 0.0787. The van der Waals surface area contributed by atoms with E-state index in [1.54, 1.807) is 0 Å². The van der Waals surface area contributed by atoms with Gasteiger partial charge in [0.15, 0.2) is 0 Å². The molecular formula is C12H8F10S2. The Hall–Kier alpha value is -1.56. The van der Waals surface area contributed by atoms with Gasteiger partial charge in [-0.25, -0.2) is 0 Å². The quantitative estimate of drug-likeness (QED) is 0.447. The summed E-state index contributed by atoms with van der Waals surface area (Å²) in [5, 5.41) is 0. The third-order valence-electron chi connectivity index (χ3n) is 2.93. The molecule has 0 N–H and O–H groups in total. The van der Waals surface area contributed by atoms with E-state index in [2.05, 4.69) is 0 Å². The maximum atomic E-state index is 12.5. The average molecular weight is 406 g/mol. The standard InChI is InChI=1S/C12H8F10S2/c13-23(14,15,16,17)11-5-1-9(2-6-11)10-3-7-12(8-4-10)24(18,19,20,21)22/h1-8H. The van der Waals surface area contributed by atoms with Crippen LogP contribution in [0, 0.1) is 0 Å². The van der Waals surface area contributed by atoms with Gasteiger partial charge in [0.1, 0.15) is 9.79 Å². The monoisotopic (exact) mass is 406 g/mol. The molecule has 0 aliphatic rings. The Morgan fingerprint density at radius 3 is 0.750 bits per heavy atom. The highest BCUT2D eigenvalue weighted by atomic mass is 32.5. The molecule has 0 spiro atoms. The molecule has 2 rings (SSSR count). The molecule has 0 aromatic heterocycles. The van der Waals surface area contributed by atoms with E-state index >= 15 is 0 Å².